The van der Waals surface area contributed by atoms with Crippen LogP contribution < -0.4 is 5.73 Å². The standard InChI is InChI=1S/C17H28N2/c1-17(2,10-11-18)19(3)12-9-14-7-8-15-5-4-6-16(15)13-14/h7-8,13H,4-6,9-12,18H2,1-3H3. The van der Waals surface area contributed by atoms with E-state index < -0.39 is 0 Å². The minimum absolute atomic E-state index is 0.200. The maximum atomic E-state index is 5.69. The molecule has 0 spiro atoms. The van der Waals surface area contributed by atoms with E-state index in [4.69, 9.17) is 5.73 Å². The lowest BCUT2D eigenvalue weighted by Gasteiger charge is -2.35. The Morgan fingerprint density at radius 2 is 1.95 bits per heavy atom. The summed E-state index contributed by atoms with van der Waals surface area (Å²) in [6.45, 7) is 6.42. The van der Waals surface area contributed by atoms with Crippen molar-refractivity contribution in [3.8, 4) is 0 Å². The summed E-state index contributed by atoms with van der Waals surface area (Å²) in [7, 11) is 2.21. The van der Waals surface area contributed by atoms with Gasteiger partial charge in [-0.1, -0.05) is 18.2 Å². The van der Waals surface area contributed by atoms with Gasteiger partial charge in [0, 0.05) is 12.1 Å². The molecule has 106 valence electrons. The second-order valence-corrected chi connectivity index (χ2v) is 6.48. The van der Waals surface area contributed by atoms with Gasteiger partial charge in [-0.3, -0.25) is 0 Å². The Hall–Kier alpha value is -0.860. The number of nitrogens with two attached hydrogens (primary N) is 1. The third kappa shape index (κ3) is 3.58. The van der Waals surface area contributed by atoms with Crippen LogP contribution in [0.5, 0.6) is 0 Å². The molecule has 0 saturated carbocycles. The third-order valence-electron chi connectivity index (χ3n) is 4.69. The number of nitrogens with zero attached hydrogens (tertiary/aromatic N) is 1. The molecule has 0 aliphatic heterocycles. The molecule has 2 heteroatoms. The highest BCUT2D eigenvalue weighted by Gasteiger charge is 2.22. The van der Waals surface area contributed by atoms with E-state index in [1.54, 1.807) is 11.1 Å². The van der Waals surface area contributed by atoms with Gasteiger partial charge in [-0.2, -0.15) is 0 Å². The average molecular weight is 260 g/mol. The second-order valence-electron chi connectivity index (χ2n) is 6.48. The number of likely N-dealkylation sites (N-methyl/N-ethyl adjacent to an activating group) is 1. The minimum Gasteiger partial charge on any atom is -0.330 e. The van der Waals surface area contributed by atoms with Crippen molar-refractivity contribution in [3.05, 3.63) is 34.9 Å². The van der Waals surface area contributed by atoms with Crippen molar-refractivity contribution in [2.75, 3.05) is 20.1 Å². The molecule has 1 aromatic carbocycles. The smallest absolute Gasteiger partial charge is 0.0162 e. The number of fused-ring (bicyclic) bond motifs is 1. The van der Waals surface area contributed by atoms with E-state index in [9.17, 15) is 0 Å². The summed E-state index contributed by atoms with van der Waals surface area (Å²) in [6, 6.07) is 7.07. The van der Waals surface area contributed by atoms with E-state index in [2.05, 4.69) is 44.0 Å². The quantitative estimate of drug-likeness (QED) is 0.852. The molecule has 0 unspecified atom stereocenters. The molecule has 2 rings (SSSR count). The monoisotopic (exact) mass is 260 g/mol. The Kier molecular flexibility index (Phi) is 4.64. The Labute approximate surface area is 118 Å². The first-order valence-corrected chi connectivity index (χ1v) is 7.55. The highest BCUT2D eigenvalue weighted by Crippen LogP contribution is 2.23. The van der Waals surface area contributed by atoms with Crippen LogP contribution in [0.2, 0.25) is 0 Å². The summed E-state index contributed by atoms with van der Waals surface area (Å²) >= 11 is 0. The van der Waals surface area contributed by atoms with Crippen LogP contribution in [0, 0.1) is 0 Å². The largest absolute Gasteiger partial charge is 0.330 e. The van der Waals surface area contributed by atoms with Crippen LogP contribution in [0.1, 0.15) is 43.4 Å². The van der Waals surface area contributed by atoms with Gasteiger partial charge in [-0.05, 0) is 76.2 Å². The van der Waals surface area contributed by atoms with Gasteiger partial charge in [-0.25, -0.2) is 0 Å². The van der Waals surface area contributed by atoms with Crippen molar-refractivity contribution in [1.82, 2.24) is 4.90 Å². The molecular formula is C17H28N2. The van der Waals surface area contributed by atoms with Gasteiger partial charge in [0.25, 0.3) is 0 Å². The molecule has 19 heavy (non-hydrogen) atoms. The molecule has 0 bridgehead atoms. The highest BCUT2D eigenvalue weighted by molar-refractivity contribution is 5.35. The Bertz CT molecular complexity index is 423. The van der Waals surface area contributed by atoms with Gasteiger partial charge in [0.15, 0.2) is 0 Å². The maximum absolute atomic E-state index is 5.69. The van der Waals surface area contributed by atoms with Crippen molar-refractivity contribution in [2.45, 2.75) is 51.5 Å². The lowest BCUT2D eigenvalue weighted by molar-refractivity contribution is 0.150. The maximum Gasteiger partial charge on any atom is 0.0162 e. The molecule has 0 amide bonds. The van der Waals surface area contributed by atoms with Crippen molar-refractivity contribution >= 4 is 0 Å². The van der Waals surface area contributed by atoms with Gasteiger partial charge in [-0.15, -0.1) is 0 Å². The molecule has 2 N–H and O–H groups in total. The van der Waals surface area contributed by atoms with Gasteiger partial charge in [0.05, 0.1) is 0 Å². The fourth-order valence-corrected chi connectivity index (χ4v) is 2.92. The molecular weight excluding hydrogens is 232 g/mol. The lowest BCUT2D eigenvalue weighted by atomic mass is 9.97. The van der Waals surface area contributed by atoms with Crippen molar-refractivity contribution < 1.29 is 0 Å². The minimum atomic E-state index is 0.200. The van der Waals surface area contributed by atoms with Crippen molar-refractivity contribution in [2.24, 2.45) is 5.73 Å². The van der Waals surface area contributed by atoms with E-state index in [1.165, 1.54) is 24.8 Å². The molecule has 2 nitrogen and oxygen atoms in total. The van der Waals surface area contributed by atoms with Gasteiger partial charge in [0.2, 0.25) is 0 Å². The van der Waals surface area contributed by atoms with E-state index in [1.807, 2.05) is 0 Å². The molecule has 0 saturated heterocycles. The van der Waals surface area contributed by atoms with Gasteiger partial charge in [0.1, 0.15) is 0 Å². The fourth-order valence-electron chi connectivity index (χ4n) is 2.92. The van der Waals surface area contributed by atoms with Crippen LogP contribution in [-0.2, 0) is 19.3 Å². The molecule has 1 aliphatic carbocycles. The summed E-state index contributed by atoms with van der Waals surface area (Å²) in [5, 5.41) is 0. The summed E-state index contributed by atoms with van der Waals surface area (Å²) < 4.78 is 0. The number of hydrogen-bond donors (Lipinski definition) is 1. The van der Waals surface area contributed by atoms with Crippen LogP contribution in [-0.4, -0.2) is 30.6 Å². The number of benzene rings is 1. The Morgan fingerprint density at radius 3 is 2.68 bits per heavy atom. The molecule has 0 aromatic heterocycles. The average Bonchev–Trinajstić information content (AvgIpc) is 2.83. The van der Waals surface area contributed by atoms with Crippen molar-refractivity contribution in [3.63, 3.8) is 0 Å². The van der Waals surface area contributed by atoms with Crippen LogP contribution in [0.3, 0.4) is 0 Å². The van der Waals surface area contributed by atoms with E-state index in [0.717, 1.165) is 25.9 Å². The third-order valence-corrected chi connectivity index (χ3v) is 4.69. The lowest BCUT2D eigenvalue weighted by Crippen LogP contribution is -2.43. The molecule has 0 atom stereocenters. The van der Waals surface area contributed by atoms with Crippen LogP contribution >= 0.6 is 0 Å². The first-order chi connectivity index (χ1) is 9.03. The molecule has 1 aromatic rings. The zero-order chi connectivity index (χ0) is 13.9. The van der Waals surface area contributed by atoms with E-state index in [0.29, 0.717) is 0 Å². The summed E-state index contributed by atoms with van der Waals surface area (Å²) in [4.78, 5) is 2.44. The number of hydrogen-bond acceptors (Lipinski definition) is 2. The van der Waals surface area contributed by atoms with E-state index in [-0.39, 0.29) is 5.54 Å². The number of aryl methyl sites for hydroxylation is 2. The summed E-state index contributed by atoms with van der Waals surface area (Å²) in [5.74, 6) is 0. The zero-order valence-electron chi connectivity index (χ0n) is 12.7. The van der Waals surface area contributed by atoms with Crippen LogP contribution in [0.4, 0.5) is 0 Å². The predicted molar refractivity (Wildman–Crippen MR) is 82.6 cm³/mol. The van der Waals surface area contributed by atoms with Gasteiger partial charge < -0.3 is 10.6 Å². The SMILES string of the molecule is CN(CCc1ccc2c(c1)CCC2)C(C)(C)CCN. The number of rotatable bonds is 6. The molecule has 1 aliphatic rings. The highest BCUT2D eigenvalue weighted by atomic mass is 15.2. The first-order valence-electron chi connectivity index (χ1n) is 7.55. The normalized spacial score (nSPS) is 15.0. The Morgan fingerprint density at radius 1 is 1.21 bits per heavy atom. The van der Waals surface area contributed by atoms with Crippen LogP contribution in [0.25, 0.3) is 0 Å². The fraction of sp³-hybridized carbons (Fsp3) is 0.647. The van der Waals surface area contributed by atoms with Gasteiger partial charge >= 0.3 is 0 Å². The first kappa shape index (κ1) is 14.5. The molecule has 0 radical (unpaired) electrons. The van der Waals surface area contributed by atoms with Crippen molar-refractivity contribution in [1.29, 1.82) is 0 Å². The van der Waals surface area contributed by atoms with Crippen LogP contribution in [0.15, 0.2) is 18.2 Å². The summed E-state index contributed by atoms with van der Waals surface area (Å²) in [5.41, 5.74) is 10.5. The molecule has 0 heterocycles. The van der Waals surface area contributed by atoms with E-state index >= 15 is 0 Å². The Balaban J connectivity index is 1.92. The predicted octanol–water partition coefficient (Wildman–Crippen LogP) is 2.78. The zero-order valence-corrected chi connectivity index (χ0v) is 12.7. The molecule has 0 fully saturated rings. The summed E-state index contributed by atoms with van der Waals surface area (Å²) in [6.07, 6.45) is 6.07. The second kappa shape index (κ2) is 6.06. The topological polar surface area (TPSA) is 29.3 Å².